The number of fused-ring (bicyclic) bond motifs is 1. The van der Waals surface area contributed by atoms with Crippen LogP contribution in [0.15, 0.2) is 23.6 Å². The molecule has 2 aliphatic rings. The van der Waals surface area contributed by atoms with E-state index < -0.39 is 0 Å². The smallest absolute Gasteiger partial charge is 0.252 e. The van der Waals surface area contributed by atoms with Crippen LogP contribution in [0.4, 0.5) is 0 Å². The third kappa shape index (κ3) is 5.56. The lowest BCUT2D eigenvalue weighted by atomic mass is 10.1. The first-order chi connectivity index (χ1) is 14.5. The molecule has 1 saturated heterocycles. The molecule has 0 atom stereocenters. The fourth-order valence-electron chi connectivity index (χ4n) is 3.75. The highest BCUT2D eigenvalue weighted by molar-refractivity contribution is 7.09. The topological polar surface area (TPSA) is 86.8 Å². The molecule has 2 amide bonds. The minimum absolute atomic E-state index is 0.173. The van der Waals surface area contributed by atoms with Crippen molar-refractivity contribution in [2.24, 2.45) is 0 Å². The number of piperazine rings is 1. The molecule has 8 nitrogen and oxygen atoms in total. The van der Waals surface area contributed by atoms with Gasteiger partial charge in [-0.1, -0.05) is 12.1 Å². The SMILES string of the molecule is Cc1csc(CC(=O)NNC(=O)CN2CCN(Cc3ccc4c(c3)CCO4)CC2)n1. The van der Waals surface area contributed by atoms with Crippen molar-refractivity contribution in [1.29, 1.82) is 0 Å². The van der Waals surface area contributed by atoms with E-state index in [1.165, 1.54) is 22.5 Å². The lowest BCUT2D eigenvalue weighted by molar-refractivity contribution is -0.129. The molecule has 1 aromatic carbocycles. The monoisotopic (exact) mass is 429 g/mol. The predicted octanol–water partition coefficient (Wildman–Crippen LogP) is 0.894. The second kappa shape index (κ2) is 9.55. The summed E-state index contributed by atoms with van der Waals surface area (Å²) >= 11 is 1.44. The van der Waals surface area contributed by atoms with Crippen LogP contribution in [0.2, 0.25) is 0 Å². The number of hydrogen-bond donors (Lipinski definition) is 2. The average molecular weight is 430 g/mol. The molecule has 9 heteroatoms. The van der Waals surface area contributed by atoms with Crippen molar-refractivity contribution in [3.8, 4) is 5.75 Å². The number of thiazole rings is 1. The highest BCUT2D eigenvalue weighted by Crippen LogP contribution is 2.26. The molecule has 2 aromatic rings. The van der Waals surface area contributed by atoms with E-state index in [9.17, 15) is 9.59 Å². The van der Waals surface area contributed by atoms with E-state index in [1.54, 1.807) is 0 Å². The third-order valence-corrected chi connectivity index (χ3v) is 6.28. The Morgan fingerprint density at radius 2 is 1.90 bits per heavy atom. The first-order valence-corrected chi connectivity index (χ1v) is 11.1. The molecular weight excluding hydrogens is 402 g/mol. The Balaban J connectivity index is 1.14. The number of nitrogens with zero attached hydrogens (tertiary/aromatic N) is 3. The van der Waals surface area contributed by atoms with E-state index >= 15 is 0 Å². The third-order valence-electron chi connectivity index (χ3n) is 5.31. The first-order valence-electron chi connectivity index (χ1n) is 10.2. The average Bonchev–Trinajstić information content (AvgIpc) is 3.36. The Morgan fingerprint density at radius 1 is 1.13 bits per heavy atom. The highest BCUT2D eigenvalue weighted by Gasteiger charge is 2.20. The molecule has 4 rings (SSSR count). The van der Waals surface area contributed by atoms with E-state index in [1.807, 2.05) is 12.3 Å². The molecule has 0 radical (unpaired) electrons. The number of carbonyl (C=O) groups excluding carboxylic acids is 2. The van der Waals surface area contributed by atoms with Crippen molar-refractivity contribution in [3.63, 3.8) is 0 Å². The Morgan fingerprint density at radius 3 is 2.67 bits per heavy atom. The van der Waals surface area contributed by atoms with Gasteiger partial charge in [-0.2, -0.15) is 0 Å². The molecule has 1 fully saturated rings. The molecule has 0 aliphatic carbocycles. The lowest BCUT2D eigenvalue weighted by Crippen LogP contribution is -2.51. The summed E-state index contributed by atoms with van der Waals surface area (Å²) in [6.07, 6.45) is 1.17. The lowest BCUT2D eigenvalue weighted by Gasteiger charge is -2.34. The second-order valence-electron chi connectivity index (χ2n) is 7.75. The summed E-state index contributed by atoms with van der Waals surface area (Å²) in [4.78, 5) is 32.8. The molecule has 0 spiro atoms. The maximum absolute atomic E-state index is 12.1. The van der Waals surface area contributed by atoms with Crippen LogP contribution in [0.5, 0.6) is 5.75 Å². The van der Waals surface area contributed by atoms with Crippen LogP contribution in [0.1, 0.15) is 21.8 Å². The maximum Gasteiger partial charge on any atom is 0.252 e. The zero-order valence-electron chi connectivity index (χ0n) is 17.1. The largest absolute Gasteiger partial charge is 0.493 e. The Hall–Kier alpha value is -2.49. The van der Waals surface area contributed by atoms with Gasteiger partial charge in [-0.05, 0) is 24.1 Å². The molecule has 2 aliphatic heterocycles. The number of rotatable bonds is 6. The van der Waals surface area contributed by atoms with Gasteiger partial charge in [0.25, 0.3) is 5.91 Å². The molecule has 0 bridgehead atoms. The molecule has 2 N–H and O–H groups in total. The summed E-state index contributed by atoms with van der Waals surface area (Å²) in [5, 5.41) is 2.64. The van der Waals surface area contributed by atoms with E-state index in [-0.39, 0.29) is 24.8 Å². The minimum atomic E-state index is -0.262. The fraction of sp³-hybridized carbons (Fsp3) is 0.476. The summed E-state index contributed by atoms with van der Waals surface area (Å²) in [5.74, 6) is 0.552. The molecule has 0 saturated carbocycles. The summed E-state index contributed by atoms with van der Waals surface area (Å²) in [7, 11) is 0. The molecule has 3 heterocycles. The zero-order valence-corrected chi connectivity index (χ0v) is 18.0. The van der Waals surface area contributed by atoms with Gasteiger partial charge < -0.3 is 4.74 Å². The van der Waals surface area contributed by atoms with Crippen molar-refractivity contribution in [1.82, 2.24) is 25.6 Å². The minimum Gasteiger partial charge on any atom is -0.493 e. The molecule has 160 valence electrons. The number of benzene rings is 1. The quantitative estimate of drug-likeness (QED) is 0.664. The summed E-state index contributed by atoms with van der Waals surface area (Å²) in [6.45, 7) is 7.35. The van der Waals surface area contributed by atoms with Gasteiger partial charge in [-0.15, -0.1) is 11.3 Å². The molecule has 30 heavy (non-hydrogen) atoms. The predicted molar refractivity (Wildman–Crippen MR) is 114 cm³/mol. The van der Waals surface area contributed by atoms with Gasteiger partial charge in [0.2, 0.25) is 5.91 Å². The highest BCUT2D eigenvalue weighted by atomic mass is 32.1. The van der Waals surface area contributed by atoms with Crippen LogP contribution in [0.25, 0.3) is 0 Å². The van der Waals surface area contributed by atoms with E-state index in [2.05, 4.69) is 43.8 Å². The summed E-state index contributed by atoms with van der Waals surface area (Å²) in [5.41, 5.74) is 8.48. The number of nitrogens with one attached hydrogen (secondary N) is 2. The van der Waals surface area contributed by atoms with E-state index in [0.717, 1.165) is 62.2 Å². The van der Waals surface area contributed by atoms with Crippen LogP contribution >= 0.6 is 11.3 Å². The van der Waals surface area contributed by atoms with Gasteiger partial charge in [0, 0.05) is 50.2 Å². The number of hydrazine groups is 1. The van der Waals surface area contributed by atoms with Crippen LogP contribution < -0.4 is 15.6 Å². The Kier molecular flexibility index (Phi) is 6.61. The maximum atomic E-state index is 12.1. The number of aromatic nitrogens is 1. The van der Waals surface area contributed by atoms with Gasteiger partial charge in [0.15, 0.2) is 0 Å². The van der Waals surface area contributed by atoms with Crippen LogP contribution in [0.3, 0.4) is 0 Å². The summed E-state index contributed by atoms with van der Waals surface area (Å²) in [6, 6.07) is 6.46. The van der Waals surface area contributed by atoms with Crippen molar-refractivity contribution < 1.29 is 14.3 Å². The number of ether oxygens (including phenoxy) is 1. The summed E-state index contributed by atoms with van der Waals surface area (Å²) < 4.78 is 5.57. The van der Waals surface area contributed by atoms with E-state index in [0.29, 0.717) is 0 Å². The molecule has 1 aromatic heterocycles. The van der Waals surface area contributed by atoms with Crippen LogP contribution in [-0.4, -0.2) is 65.9 Å². The first kappa shape index (κ1) is 20.8. The normalized spacial score (nSPS) is 16.7. The van der Waals surface area contributed by atoms with Gasteiger partial charge in [0.05, 0.1) is 19.6 Å². The van der Waals surface area contributed by atoms with Crippen LogP contribution in [0, 0.1) is 6.92 Å². The molecule has 0 unspecified atom stereocenters. The van der Waals surface area contributed by atoms with Gasteiger partial charge in [0.1, 0.15) is 10.8 Å². The number of carbonyl (C=O) groups is 2. The van der Waals surface area contributed by atoms with Crippen LogP contribution in [-0.2, 0) is 29.0 Å². The number of aryl methyl sites for hydroxylation is 1. The van der Waals surface area contributed by atoms with E-state index in [4.69, 9.17) is 4.74 Å². The van der Waals surface area contributed by atoms with Crippen molar-refractivity contribution >= 4 is 23.2 Å². The number of amides is 2. The van der Waals surface area contributed by atoms with Crippen molar-refractivity contribution in [3.05, 3.63) is 45.4 Å². The number of hydrogen-bond acceptors (Lipinski definition) is 7. The van der Waals surface area contributed by atoms with Crippen molar-refractivity contribution in [2.75, 3.05) is 39.3 Å². The standard InChI is InChI=1S/C21H27N5O3S/c1-15-14-30-21(22-15)11-19(27)23-24-20(28)13-26-7-5-25(6-8-26)12-16-2-3-18-17(10-16)4-9-29-18/h2-3,10,14H,4-9,11-13H2,1H3,(H,23,27)(H,24,28). The van der Waals surface area contributed by atoms with Crippen molar-refractivity contribution in [2.45, 2.75) is 26.3 Å². The zero-order chi connectivity index (χ0) is 20.9. The molecular formula is C21H27N5O3S. The van der Waals surface area contributed by atoms with Gasteiger partial charge in [-0.25, -0.2) is 4.98 Å². The van der Waals surface area contributed by atoms with Gasteiger partial charge >= 0.3 is 0 Å². The Labute approximate surface area is 180 Å². The fourth-order valence-corrected chi connectivity index (χ4v) is 4.52. The van der Waals surface area contributed by atoms with Gasteiger partial charge in [-0.3, -0.25) is 30.2 Å². The second-order valence-corrected chi connectivity index (χ2v) is 8.69. The Bertz CT molecular complexity index is 908.